The molecule has 1 saturated heterocycles. The molecule has 5 heteroatoms. The Balaban J connectivity index is 1.47. The molecule has 5 nitrogen and oxygen atoms in total. The number of carbonyl (C=O) groups is 1. The van der Waals surface area contributed by atoms with Gasteiger partial charge in [0, 0.05) is 36.9 Å². The fraction of sp³-hybridized carbons (Fsp3) is 0.545. The van der Waals surface area contributed by atoms with Crippen LogP contribution in [0.2, 0.25) is 0 Å². The molecule has 0 unspecified atom stereocenters. The number of amides is 1. The van der Waals surface area contributed by atoms with Crippen molar-refractivity contribution in [2.45, 2.75) is 57.5 Å². The Morgan fingerprint density at radius 2 is 2.04 bits per heavy atom. The molecule has 1 aromatic carbocycles. The molecule has 1 amide bonds. The van der Waals surface area contributed by atoms with E-state index in [1.54, 1.807) is 0 Å². The summed E-state index contributed by atoms with van der Waals surface area (Å²) >= 11 is 0. The quantitative estimate of drug-likeness (QED) is 0.855. The van der Waals surface area contributed by atoms with Crippen LogP contribution in [0.4, 0.5) is 0 Å². The fourth-order valence-electron chi connectivity index (χ4n) is 4.65. The molecule has 1 atom stereocenters. The van der Waals surface area contributed by atoms with Crippen LogP contribution in [0.3, 0.4) is 0 Å². The summed E-state index contributed by atoms with van der Waals surface area (Å²) in [5, 5.41) is 7.95. The van der Waals surface area contributed by atoms with Crippen LogP contribution in [0.15, 0.2) is 36.5 Å². The number of carbonyl (C=O) groups excluding carboxylic acids is 1. The van der Waals surface area contributed by atoms with E-state index in [1.807, 2.05) is 10.9 Å². The minimum atomic E-state index is 0.198. The van der Waals surface area contributed by atoms with Crippen molar-refractivity contribution in [3.05, 3.63) is 53.3 Å². The van der Waals surface area contributed by atoms with E-state index in [-0.39, 0.29) is 11.9 Å². The van der Waals surface area contributed by atoms with Crippen molar-refractivity contribution in [3.8, 4) is 0 Å². The van der Waals surface area contributed by atoms with E-state index in [1.165, 1.54) is 29.7 Å². The molecule has 1 aliphatic heterocycles. The zero-order valence-electron chi connectivity index (χ0n) is 16.2. The van der Waals surface area contributed by atoms with Crippen molar-refractivity contribution < 1.29 is 4.79 Å². The minimum absolute atomic E-state index is 0.198. The number of aromatic nitrogens is 2. The van der Waals surface area contributed by atoms with Gasteiger partial charge in [0.15, 0.2) is 0 Å². The van der Waals surface area contributed by atoms with E-state index in [2.05, 4.69) is 52.6 Å². The van der Waals surface area contributed by atoms with Crippen molar-refractivity contribution in [2.75, 3.05) is 19.6 Å². The third-order valence-electron chi connectivity index (χ3n) is 6.00. The first-order valence-electron chi connectivity index (χ1n) is 10.3. The largest absolute Gasteiger partial charge is 0.337 e. The maximum absolute atomic E-state index is 13.2. The van der Waals surface area contributed by atoms with Crippen LogP contribution in [0.1, 0.15) is 48.9 Å². The number of hydrogen-bond acceptors (Lipinski definition) is 3. The highest BCUT2D eigenvalue weighted by Gasteiger charge is 2.30. The monoisotopic (exact) mass is 366 g/mol. The number of nitrogens with zero attached hydrogens (tertiary/aromatic N) is 3. The fourth-order valence-corrected chi connectivity index (χ4v) is 4.65. The van der Waals surface area contributed by atoms with Gasteiger partial charge in [-0.2, -0.15) is 5.10 Å². The number of nitrogens with one attached hydrogen (secondary N) is 1. The van der Waals surface area contributed by atoms with Gasteiger partial charge in [-0.1, -0.05) is 31.2 Å². The molecule has 1 N–H and O–H groups in total. The second-order valence-electron chi connectivity index (χ2n) is 7.87. The van der Waals surface area contributed by atoms with Gasteiger partial charge in [0.25, 0.3) is 0 Å². The Labute approximate surface area is 161 Å². The van der Waals surface area contributed by atoms with E-state index in [4.69, 9.17) is 0 Å². The number of piperidine rings is 1. The van der Waals surface area contributed by atoms with Gasteiger partial charge in [0.2, 0.25) is 5.91 Å². The Morgan fingerprint density at radius 1 is 1.26 bits per heavy atom. The van der Waals surface area contributed by atoms with E-state index < -0.39 is 0 Å². The van der Waals surface area contributed by atoms with E-state index in [0.717, 1.165) is 38.9 Å². The zero-order valence-corrected chi connectivity index (χ0v) is 16.2. The van der Waals surface area contributed by atoms with Crippen molar-refractivity contribution in [1.29, 1.82) is 0 Å². The molecule has 27 heavy (non-hydrogen) atoms. The van der Waals surface area contributed by atoms with Crippen molar-refractivity contribution >= 4 is 5.91 Å². The molecule has 1 aromatic heterocycles. The molecule has 2 aliphatic rings. The predicted molar refractivity (Wildman–Crippen MR) is 107 cm³/mol. The van der Waals surface area contributed by atoms with Gasteiger partial charge >= 0.3 is 0 Å². The van der Waals surface area contributed by atoms with E-state index in [9.17, 15) is 4.79 Å². The summed E-state index contributed by atoms with van der Waals surface area (Å²) in [6, 6.07) is 11.0. The lowest BCUT2D eigenvalue weighted by molar-refractivity contribution is -0.134. The van der Waals surface area contributed by atoms with Gasteiger partial charge in [-0.15, -0.1) is 0 Å². The molecule has 4 rings (SSSR count). The Kier molecular flexibility index (Phi) is 5.58. The normalized spacial score (nSPS) is 19.8. The van der Waals surface area contributed by atoms with Crippen molar-refractivity contribution in [1.82, 2.24) is 20.0 Å². The third-order valence-corrected chi connectivity index (χ3v) is 6.00. The first-order chi connectivity index (χ1) is 13.3. The topological polar surface area (TPSA) is 50.2 Å². The summed E-state index contributed by atoms with van der Waals surface area (Å²) < 4.78 is 1.94. The van der Waals surface area contributed by atoms with E-state index in [0.29, 0.717) is 12.5 Å². The van der Waals surface area contributed by atoms with E-state index >= 15 is 0 Å². The lowest BCUT2D eigenvalue weighted by Crippen LogP contribution is -2.43. The zero-order chi connectivity index (χ0) is 18.6. The van der Waals surface area contributed by atoms with Crippen molar-refractivity contribution in [2.24, 2.45) is 0 Å². The maximum Gasteiger partial charge on any atom is 0.244 e. The van der Waals surface area contributed by atoms with Crippen LogP contribution in [-0.4, -0.2) is 46.3 Å². The van der Waals surface area contributed by atoms with Gasteiger partial charge < -0.3 is 10.2 Å². The first kappa shape index (κ1) is 18.2. The standard InChI is InChI=1S/C22H30N4O/c1-2-12-25(20-13-17-6-3-4-7-18(17)14-20)22(27)16-26-21(9-11-24-26)19-8-5-10-23-15-19/h3-4,6-7,9,11,19-20,23H,2,5,8,10,12-16H2,1H3/t19-/m0/s1. The lowest BCUT2D eigenvalue weighted by Gasteiger charge is -2.30. The summed E-state index contributed by atoms with van der Waals surface area (Å²) in [5.41, 5.74) is 3.98. The number of benzene rings is 1. The molecule has 1 fully saturated rings. The molecular weight excluding hydrogens is 336 g/mol. The van der Waals surface area contributed by atoms with Crippen LogP contribution >= 0.6 is 0 Å². The number of fused-ring (bicyclic) bond motifs is 1. The summed E-state index contributed by atoms with van der Waals surface area (Å²) in [6.45, 7) is 5.40. The third kappa shape index (κ3) is 3.93. The maximum atomic E-state index is 13.2. The summed E-state index contributed by atoms with van der Waals surface area (Å²) in [7, 11) is 0. The highest BCUT2D eigenvalue weighted by molar-refractivity contribution is 5.76. The summed E-state index contributed by atoms with van der Waals surface area (Å²) in [5.74, 6) is 0.660. The van der Waals surface area contributed by atoms with Gasteiger partial charge in [-0.3, -0.25) is 9.48 Å². The van der Waals surface area contributed by atoms with Gasteiger partial charge in [0.05, 0.1) is 0 Å². The second kappa shape index (κ2) is 8.26. The molecule has 2 heterocycles. The Bertz CT molecular complexity index is 753. The predicted octanol–water partition coefficient (Wildman–Crippen LogP) is 2.76. The van der Waals surface area contributed by atoms with Gasteiger partial charge in [0.1, 0.15) is 6.54 Å². The molecule has 1 aliphatic carbocycles. The Hall–Kier alpha value is -2.14. The summed E-state index contributed by atoms with van der Waals surface area (Å²) in [4.78, 5) is 15.3. The second-order valence-corrected chi connectivity index (χ2v) is 7.87. The molecule has 2 aromatic rings. The lowest BCUT2D eigenvalue weighted by atomic mass is 9.96. The van der Waals surface area contributed by atoms with Crippen molar-refractivity contribution in [3.63, 3.8) is 0 Å². The first-order valence-corrected chi connectivity index (χ1v) is 10.3. The molecule has 0 spiro atoms. The number of hydrogen-bond donors (Lipinski definition) is 1. The van der Waals surface area contributed by atoms with Crippen LogP contribution in [0.5, 0.6) is 0 Å². The van der Waals surface area contributed by atoms with Crippen LogP contribution in [0, 0.1) is 0 Å². The average molecular weight is 367 g/mol. The Morgan fingerprint density at radius 3 is 2.70 bits per heavy atom. The van der Waals surface area contributed by atoms with Gasteiger partial charge in [-0.05, 0) is 55.8 Å². The summed E-state index contributed by atoms with van der Waals surface area (Å²) in [6.07, 6.45) is 7.13. The molecule has 0 saturated carbocycles. The molecule has 0 bridgehead atoms. The van der Waals surface area contributed by atoms with Gasteiger partial charge in [-0.25, -0.2) is 0 Å². The van der Waals surface area contributed by atoms with Crippen LogP contribution < -0.4 is 5.32 Å². The minimum Gasteiger partial charge on any atom is -0.337 e. The smallest absolute Gasteiger partial charge is 0.244 e. The molecular formula is C22H30N4O. The molecule has 0 radical (unpaired) electrons. The average Bonchev–Trinajstić information content (AvgIpc) is 3.33. The highest BCUT2D eigenvalue weighted by atomic mass is 16.2. The SMILES string of the molecule is CCCN(C(=O)Cn1nccc1[C@H]1CCCNC1)C1Cc2ccccc2C1. The molecule has 144 valence electrons. The van der Waals surface area contributed by atoms with Crippen LogP contribution in [0.25, 0.3) is 0 Å². The highest BCUT2D eigenvalue weighted by Crippen LogP contribution is 2.27. The number of rotatable bonds is 6. The van der Waals surface area contributed by atoms with Crippen LogP contribution in [-0.2, 0) is 24.2 Å².